The third-order valence-electron chi connectivity index (χ3n) is 3.94. The normalized spacial score (nSPS) is 11.2. The summed E-state index contributed by atoms with van der Waals surface area (Å²) in [6, 6.07) is 8.13. The molecule has 0 aliphatic carbocycles. The van der Waals surface area contributed by atoms with Crippen molar-refractivity contribution < 1.29 is 13.6 Å². The van der Waals surface area contributed by atoms with E-state index in [1.807, 2.05) is 6.07 Å². The van der Waals surface area contributed by atoms with E-state index in [4.69, 9.17) is 11.6 Å². The van der Waals surface area contributed by atoms with E-state index in [9.17, 15) is 18.4 Å². The number of aromatic nitrogens is 2. The van der Waals surface area contributed by atoms with Crippen LogP contribution in [0.25, 0.3) is 20.3 Å². The van der Waals surface area contributed by atoms with Gasteiger partial charge in [-0.3, -0.25) is 14.2 Å². The zero-order valence-corrected chi connectivity index (χ0v) is 15.1. The van der Waals surface area contributed by atoms with Crippen LogP contribution >= 0.6 is 22.9 Å². The van der Waals surface area contributed by atoms with E-state index >= 15 is 0 Å². The second-order valence-corrected chi connectivity index (χ2v) is 7.20. The minimum Gasteiger partial charge on any atom is -0.322 e. The topological polar surface area (TPSA) is 64.0 Å². The van der Waals surface area contributed by atoms with Gasteiger partial charge in [-0.25, -0.2) is 13.8 Å². The summed E-state index contributed by atoms with van der Waals surface area (Å²) in [4.78, 5) is 29.1. The van der Waals surface area contributed by atoms with Crippen molar-refractivity contribution in [1.82, 2.24) is 9.55 Å². The van der Waals surface area contributed by atoms with Gasteiger partial charge in [0.2, 0.25) is 5.91 Å². The maximum atomic E-state index is 13.6. The summed E-state index contributed by atoms with van der Waals surface area (Å²) in [5.74, 6) is -2.29. The molecule has 0 spiro atoms. The number of anilines is 1. The fourth-order valence-electron chi connectivity index (χ4n) is 2.72. The van der Waals surface area contributed by atoms with Crippen LogP contribution in [0.1, 0.15) is 0 Å². The van der Waals surface area contributed by atoms with Crippen molar-refractivity contribution in [3.63, 3.8) is 0 Å². The molecule has 2 aromatic carbocycles. The number of amides is 1. The predicted molar refractivity (Wildman–Crippen MR) is 101 cm³/mol. The summed E-state index contributed by atoms with van der Waals surface area (Å²) >= 11 is 7.44. The van der Waals surface area contributed by atoms with Gasteiger partial charge in [0, 0.05) is 16.2 Å². The van der Waals surface area contributed by atoms with Crippen LogP contribution in [0.2, 0.25) is 5.02 Å². The van der Waals surface area contributed by atoms with Crippen LogP contribution in [-0.4, -0.2) is 15.5 Å². The molecule has 0 saturated carbocycles. The molecule has 0 unspecified atom stereocenters. The van der Waals surface area contributed by atoms with Crippen LogP contribution in [0.4, 0.5) is 14.5 Å². The molecular weight excluding hydrogens is 396 g/mol. The Kier molecular flexibility index (Phi) is 4.37. The van der Waals surface area contributed by atoms with Gasteiger partial charge < -0.3 is 5.32 Å². The van der Waals surface area contributed by atoms with Gasteiger partial charge in [0.1, 0.15) is 22.9 Å². The van der Waals surface area contributed by atoms with Gasteiger partial charge in [-0.2, -0.15) is 0 Å². The number of nitrogens with one attached hydrogen (secondary N) is 1. The Bertz CT molecular complexity index is 1270. The number of carbonyl (C=O) groups is 1. The third kappa shape index (κ3) is 3.17. The first-order chi connectivity index (χ1) is 12.9. The number of hydrogen-bond acceptors (Lipinski definition) is 4. The van der Waals surface area contributed by atoms with Crippen LogP contribution in [0.3, 0.4) is 0 Å². The highest BCUT2D eigenvalue weighted by Gasteiger charge is 2.15. The second-order valence-electron chi connectivity index (χ2n) is 5.74. The van der Waals surface area contributed by atoms with Crippen molar-refractivity contribution in [2.45, 2.75) is 6.54 Å². The van der Waals surface area contributed by atoms with E-state index in [2.05, 4.69) is 10.3 Å². The van der Waals surface area contributed by atoms with Crippen LogP contribution < -0.4 is 10.9 Å². The lowest BCUT2D eigenvalue weighted by Gasteiger charge is -2.08. The van der Waals surface area contributed by atoms with Crippen molar-refractivity contribution >= 4 is 54.8 Å². The Morgan fingerprint density at radius 1 is 1.26 bits per heavy atom. The smallest absolute Gasteiger partial charge is 0.271 e. The van der Waals surface area contributed by atoms with Crippen molar-refractivity contribution in [3.8, 4) is 0 Å². The van der Waals surface area contributed by atoms with Gasteiger partial charge in [-0.15, -0.1) is 11.3 Å². The number of halogens is 3. The first kappa shape index (κ1) is 17.6. The first-order valence-electron chi connectivity index (χ1n) is 7.75. The van der Waals surface area contributed by atoms with Crippen LogP contribution in [0.15, 0.2) is 47.5 Å². The Morgan fingerprint density at radius 3 is 2.85 bits per heavy atom. The zero-order chi connectivity index (χ0) is 19.1. The molecule has 9 heteroatoms. The summed E-state index contributed by atoms with van der Waals surface area (Å²) in [6.07, 6.45) is 1.25. The Morgan fingerprint density at radius 2 is 2.07 bits per heavy atom. The average Bonchev–Trinajstić information content (AvgIpc) is 3.01. The molecular formula is C18H10ClF2N3O2S. The van der Waals surface area contributed by atoms with Crippen LogP contribution in [0, 0.1) is 11.6 Å². The van der Waals surface area contributed by atoms with Crippen molar-refractivity contribution in [2.24, 2.45) is 0 Å². The number of benzene rings is 2. The highest BCUT2D eigenvalue weighted by Crippen LogP contribution is 2.34. The number of fused-ring (bicyclic) bond motifs is 3. The highest BCUT2D eigenvalue weighted by atomic mass is 35.5. The Labute approximate surface area is 159 Å². The van der Waals surface area contributed by atoms with E-state index in [0.717, 1.165) is 21.4 Å². The largest absolute Gasteiger partial charge is 0.322 e. The first-order valence-corrected chi connectivity index (χ1v) is 8.94. The molecule has 2 heterocycles. The second kappa shape index (κ2) is 6.71. The predicted octanol–water partition coefficient (Wildman–Crippen LogP) is 4.18. The monoisotopic (exact) mass is 405 g/mol. The number of hydrogen-bond donors (Lipinski definition) is 1. The zero-order valence-electron chi connectivity index (χ0n) is 13.5. The molecule has 136 valence electrons. The van der Waals surface area contributed by atoms with Crippen LogP contribution in [0.5, 0.6) is 0 Å². The van der Waals surface area contributed by atoms with Gasteiger partial charge in [-0.05, 0) is 24.3 Å². The number of thiophene rings is 1. The summed E-state index contributed by atoms with van der Waals surface area (Å²) in [5, 5.41) is 3.50. The van der Waals surface area contributed by atoms with E-state index in [-0.39, 0.29) is 12.2 Å². The molecule has 1 N–H and O–H groups in total. The molecule has 0 bridgehead atoms. The van der Waals surface area contributed by atoms with E-state index in [0.29, 0.717) is 26.7 Å². The molecule has 0 radical (unpaired) electrons. The average molecular weight is 406 g/mol. The lowest BCUT2D eigenvalue weighted by Crippen LogP contribution is -2.27. The Balaban J connectivity index is 1.67. The fourth-order valence-corrected chi connectivity index (χ4v) is 4.17. The van der Waals surface area contributed by atoms with Crippen molar-refractivity contribution in [1.29, 1.82) is 0 Å². The molecule has 27 heavy (non-hydrogen) atoms. The standard InChI is InChI=1S/C18H10ClF2N3O2S/c19-10-2-1-3-13-15(10)16-17(27-13)18(26)24(8-22-16)7-14(25)23-12-5-4-9(20)6-11(12)21/h1-6,8H,7H2,(H,23,25). The number of nitrogens with zero attached hydrogens (tertiary/aromatic N) is 2. The summed E-state index contributed by atoms with van der Waals surface area (Å²) in [5.41, 5.74) is -0.0871. The third-order valence-corrected chi connectivity index (χ3v) is 5.39. The van der Waals surface area contributed by atoms with Gasteiger partial charge in [0.25, 0.3) is 5.56 Å². The van der Waals surface area contributed by atoms with E-state index in [1.165, 1.54) is 17.7 Å². The molecule has 1 amide bonds. The molecule has 0 fully saturated rings. The molecule has 0 aliphatic rings. The Hall–Kier alpha value is -2.84. The summed E-state index contributed by atoms with van der Waals surface area (Å²) in [6.45, 7) is -0.361. The lowest BCUT2D eigenvalue weighted by molar-refractivity contribution is -0.116. The van der Waals surface area contributed by atoms with Gasteiger partial charge in [0.15, 0.2) is 0 Å². The maximum absolute atomic E-state index is 13.6. The minimum absolute atomic E-state index is 0.169. The SMILES string of the molecule is O=C(Cn1cnc2c(sc3cccc(Cl)c32)c1=O)Nc1ccc(F)cc1F. The number of rotatable bonds is 3. The quantitative estimate of drug-likeness (QED) is 0.556. The summed E-state index contributed by atoms with van der Waals surface area (Å²) in [7, 11) is 0. The molecule has 4 aromatic rings. The van der Waals surface area contributed by atoms with Gasteiger partial charge in [-0.1, -0.05) is 17.7 Å². The molecule has 0 saturated heterocycles. The van der Waals surface area contributed by atoms with E-state index < -0.39 is 23.1 Å². The van der Waals surface area contributed by atoms with Crippen LogP contribution in [-0.2, 0) is 11.3 Å². The van der Waals surface area contributed by atoms with Gasteiger partial charge in [0.05, 0.1) is 22.6 Å². The molecule has 0 atom stereocenters. The summed E-state index contributed by atoms with van der Waals surface area (Å²) < 4.78 is 28.9. The molecule has 4 rings (SSSR count). The number of carbonyl (C=O) groups excluding carboxylic acids is 1. The van der Waals surface area contributed by atoms with Crippen molar-refractivity contribution in [3.05, 3.63) is 69.7 Å². The maximum Gasteiger partial charge on any atom is 0.271 e. The van der Waals surface area contributed by atoms with Gasteiger partial charge >= 0.3 is 0 Å². The molecule has 5 nitrogen and oxygen atoms in total. The lowest BCUT2D eigenvalue weighted by atomic mass is 10.2. The molecule has 2 aromatic heterocycles. The molecule has 0 aliphatic heterocycles. The highest BCUT2D eigenvalue weighted by molar-refractivity contribution is 7.25. The van der Waals surface area contributed by atoms with E-state index in [1.54, 1.807) is 12.1 Å². The minimum atomic E-state index is -0.900. The van der Waals surface area contributed by atoms with Crippen molar-refractivity contribution in [2.75, 3.05) is 5.32 Å². The fraction of sp³-hybridized carbons (Fsp3) is 0.0556.